The van der Waals surface area contributed by atoms with Crippen LogP contribution in [-0.4, -0.2) is 139 Å². The molecule has 2 fully saturated rings. The maximum absolute atomic E-state index is 11.3. The molecule has 18 nitrogen and oxygen atoms in total. The van der Waals surface area contributed by atoms with Crippen molar-refractivity contribution in [3.63, 3.8) is 0 Å². The van der Waals surface area contributed by atoms with E-state index < -0.39 is 95.3 Å². The van der Waals surface area contributed by atoms with E-state index in [1.54, 1.807) is 4.72 Å². The molecule has 0 aromatic rings. The molecule has 20 heteroatoms. The van der Waals surface area contributed by atoms with E-state index in [4.69, 9.17) is 33.8 Å². The quantitative estimate of drug-likeness (QED) is 0.109. The first kappa shape index (κ1) is 29.6. The molecule has 202 valence electrons. The van der Waals surface area contributed by atoms with E-state index in [9.17, 15) is 42.4 Å². The third-order valence-corrected chi connectivity index (χ3v) is 5.88. The number of aliphatic hydroxyl groups is 5. The average Bonchev–Trinajstić information content (AvgIpc) is 2.73. The van der Waals surface area contributed by atoms with Gasteiger partial charge in [0.2, 0.25) is 0 Å². The smallest absolute Gasteiger partial charge is 0.394 e. The van der Waals surface area contributed by atoms with Crippen LogP contribution in [0.15, 0.2) is 0 Å². The molecule has 0 aliphatic carbocycles. The van der Waals surface area contributed by atoms with Crippen molar-refractivity contribution in [2.45, 2.75) is 61.3 Å². The van der Waals surface area contributed by atoms with Crippen LogP contribution >= 0.6 is 0 Å². The highest BCUT2D eigenvalue weighted by molar-refractivity contribution is 7.83. The fourth-order valence-electron chi connectivity index (χ4n) is 3.33. The number of hydrogen-bond acceptors (Lipinski definition) is 15. The van der Waals surface area contributed by atoms with Crippen LogP contribution in [0.25, 0.3) is 0 Å². The normalized spacial score (nSPS) is 39.8. The number of rotatable bonds is 11. The average molecular weight is 545 g/mol. The van der Waals surface area contributed by atoms with Gasteiger partial charge in [-0.2, -0.15) is 21.6 Å². The Bertz CT molecular complexity index is 858. The summed E-state index contributed by atoms with van der Waals surface area (Å²) in [7, 11) is -10.0. The van der Waals surface area contributed by atoms with Gasteiger partial charge in [0.1, 0.15) is 48.8 Å². The van der Waals surface area contributed by atoms with Crippen molar-refractivity contribution in [3.8, 4) is 0 Å². The van der Waals surface area contributed by atoms with E-state index in [1.165, 1.54) is 0 Å². The Hall–Kier alpha value is -0.660. The van der Waals surface area contributed by atoms with E-state index in [-0.39, 0.29) is 13.2 Å². The van der Waals surface area contributed by atoms with Gasteiger partial charge in [-0.3, -0.25) is 9.11 Å². The molecule has 0 aromatic heterocycles. The third-order valence-electron chi connectivity index (χ3n) is 4.88. The van der Waals surface area contributed by atoms with Gasteiger partial charge in [-0.25, -0.2) is 4.18 Å². The second kappa shape index (κ2) is 12.1. The first-order chi connectivity index (χ1) is 15.7. The zero-order valence-electron chi connectivity index (χ0n) is 17.3. The molecule has 2 saturated heterocycles. The van der Waals surface area contributed by atoms with E-state index in [0.717, 1.165) is 0 Å². The highest BCUT2D eigenvalue weighted by Crippen LogP contribution is 2.30. The monoisotopic (exact) mass is 544 g/mol. The van der Waals surface area contributed by atoms with Crippen LogP contribution in [0.4, 0.5) is 0 Å². The molecular weight excluding hydrogens is 516 g/mol. The van der Waals surface area contributed by atoms with Crippen LogP contribution in [0.1, 0.15) is 0 Å². The van der Waals surface area contributed by atoms with Crippen molar-refractivity contribution in [1.29, 1.82) is 0 Å². The molecule has 0 radical (unpaired) electrons. The summed E-state index contributed by atoms with van der Waals surface area (Å²) in [5.41, 5.74) is 5.30. The molecule has 0 saturated carbocycles. The van der Waals surface area contributed by atoms with Crippen molar-refractivity contribution in [1.82, 2.24) is 4.72 Å². The van der Waals surface area contributed by atoms with E-state index in [0.29, 0.717) is 0 Å². The van der Waals surface area contributed by atoms with Gasteiger partial charge in [0.25, 0.3) is 0 Å². The first-order valence-electron chi connectivity index (χ1n) is 9.66. The predicted molar refractivity (Wildman–Crippen MR) is 104 cm³/mol. The lowest BCUT2D eigenvalue weighted by molar-refractivity contribution is -0.345. The number of ether oxygens (including phenoxy) is 4. The maximum Gasteiger partial charge on any atom is 0.397 e. The van der Waals surface area contributed by atoms with Crippen LogP contribution in [0.5, 0.6) is 0 Å². The largest absolute Gasteiger partial charge is 0.397 e. The molecule has 0 aromatic carbocycles. The molecule has 2 rings (SSSR count). The minimum atomic E-state index is -5.02. The van der Waals surface area contributed by atoms with Crippen molar-refractivity contribution < 1.29 is 74.6 Å². The second-order valence-corrected chi connectivity index (χ2v) is 9.60. The third kappa shape index (κ3) is 7.92. The highest BCUT2D eigenvalue weighted by atomic mass is 32.3. The number of nitrogens with one attached hydrogen (secondary N) is 1. The van der Waals surface area contributed by atoms with Gasteiger partial charge in [0.05, 0.1) is 19.8 Å². The lowest BCUT2D eigenvalue weighted by Gasteiger charge is -2.47. The van der Waals surface area contributed by atoms with E-state index >= 15 is 0 Å². The van der Waals surface area contributed by atoms with E-state index in [1.807, 2.05) is 0 Å². The van der Waals surface area contributed by atoms with Crippen LogP contribution in [0.3, 0.4) is 0 Å². The summed E-state index contributed by atoms with van der Waals surface area (Å²) in [6, 6.07) is -1.92. The fourth-order valence-corrected chi connectivity index (χ4v) is 4.23. The Labute approximate surface area is 194 Å². The molecule has 2 aliphatic heterocycles. The van der Waals surface area contributed by atoms with Crippen LogP contribution in [0.2, 0.25) is 0 Å². The van der Waals surface area contributed by atoms with Gasteiger partial charge in [-0.05, 0) is 0 Å². The van der Waals surface area contributed by atoms with Crippen molar-refractivity contribution in [3.05, 3.63) is 0 Å². The Morgan fingerprint density at radius 3 is 2.03 bits per heavy atom. The molecule has 0 bridgehead atoms. The highest BCUT2D eigenvalue weighted by Gasteiger charge is 2.52. The number of hydrogen-bond donors (Lipinski definition) is 9. The van der Waals surface area contributed by atoms with Gasteiger partial charge < -0.3 is 50.2 Å². The van der Waals surface area contributed by atoms with Crippen LogP contribution in [0, 0.1) is 0 Å². The summed E-state index contributed by atoms with van der Waals surface area (Å²) in [4.78, 5) is 0. The van der Waals surface area contributed by atoms with Crippen LogP contribution < -0.4 is 10.5 Å². The minimum Gasteiger partial charge on any atom is -0.394 e. The number of aliphatic hydroxyl groups excluding tert-OH is 5. The van der Waals surface area contributed by atoms with Crippen molar-refractivity contribution in [2.24, 2.45) is 5.73 Å². The molecule has 2 heterocycles. The SMILES string of the molecule is NCCO[C@@H]1O[C@H](COS(=O)(=O)O)[C@@H](O[C@H]2O[C@H](CO)[C@@H](O)[C@H](O)[C@H]2NS(=O)(=O)O)[C@H](O)[C@H]1O. The zero-order valence-corrected chi connectivity index (χ0v) is 18.9. The molecule has 2 aliphatic rings. The lowest BCUT2D eigenvalue weighted by Crippen LogP contribution is -2.67. The van der Waals surface area contributed by atoms with Gasteiger partial charge in [-0.1, -0.05) is 0 Å². The summed E-state index contributed by atoms with van der Waals surface area (Å²) in [6.45, 7) is -2.06. The van der Waals surface area contributed by atoms with Gasteiger partial charge in [0.15, 0.2) is 12.6 Å². The van der Waals surface area contributed by atoms with E-state index in [2.05, 4.69) is 4.18 Å². The Morgan fingerprint density at radius 2 is 1.50 bits per heavy atom. The van der Waals surface area contributed by atoms with Gasteiger partial charge in [0, 0.05) is 6.54 Å². The lowest BCUT2D eigenvalue weighted by atomic mass is 9.96. The molecule has 0 unspecified atom stereocenters. The summed E-state index contributed by atoms with van der Waals surface area (Å²) in [6.07, 6.45) is -16.1. The molecule has 10 N–H and O–H groups in total. The summed E-state index contributed by atoms with van der Waals surface area (Å²) in [5.74, 6) is 0. The molecule has 0 amide bonds. The minimum absolute atomic E-state index is 0.0174. The topological polar surface area (TPSA) is 294 Å². The van der Waals surface area contributed by atoms with Crippen molar-refractivity contribution in [2.75, 3.05) is 26.4 Å². The molecule has 34 heavy (non-hydrogen) atoms. The standard InChI is InChI=1S/C14H28N2O16S2/c15-1-2-28-14-11(21)10(20)12(6(31-14)4-29-34(25,26)27)32-13-7(16-33(22,23)24)9(19)8(18)5(3-17)30-13/h5-14,16-21H,1-4,15H2,(H,22,23,24)(H,25,26,27)/t5-,6-,7-,8-,9-,10-,11-,12-,13-,14-/m1/s1. The summed E-state index contributed by atoms with van der Waals surface area (Å²) >= 11 is 0. The van der Waals surface area contributed by atoms with Gasteiger partial charge >= 0.3 is 20.7 Å². The molecule has 10 atom stereocenters. The first-order valence-corrected chi connectivity index (χ1v) is 12.5. The molecular formula is C14H28N2O16S2. The Morgan fingerprint density at radius 1 is 0.882 bits per heavy atom. The van der Waals surface area contributed by atoms with Crippen molar-refractivity contribution >= 4 is 20.7 Å². The Balaban J connectivity index is 2.33. The Kier molecular flexibility index (Phi) is 10.5. The summed E-state index contributed by atoms with van der Waals surface area (Å²) < 4.78 is 89.5. The van der Waals surface area contributed by atoms with Crippen LogP contribution in [-0.2, 0) is 43.8 Å². The molecule has 0 spiro atoms. The second-order valence-electron chi connectivity index (χ2n) is 7.32. The predicted octanol–water partition coefficient (Wildman–Crippen LogP) is -6.19. The van der Waals surface area contributed by atoms with Gasteiger partial charge in [-0.15, -0.1) is 0 Å². The zero-order chi connectivity index (χ0) is 25.8. The number of nitrogens with two attached hydrogens (primary N) is 1. The fraction of sp³-hybridized carbons (Fsp3) is 1.00. The summed E-state index contributed by atoms with van der Waals surface area (Å²) in [5, 5.41) is 50.5. The maximum atomic E-state index is 11.3.